The molecule has 4 saturated carbocycles. The zero-order valence-corrected chi connectivity index (χ0v) is 22.8. The molecule has 0 amide bonds. The van der Waals surface area contributed by atoms with Crippen LogP contribution in [-0.2, 0) is 33.4 Å². The number of esters is 3. The molecule has 4 aliphatic rings. The Labute approximate surface area is 215 Å². The van der Waals surface area contributed by atoms with E-state index in [0.717, 1.165) is 38.5 Å². The number of ether oxygens (including phenoxy) is 3. The predicted molar refractivity (Wildman–Crippen MR) is 133 cm³/mol. The Morgan fingerprint density at radius 1 is 1.00 bits per heavy atom. The summed E-state index contributed by atoms with van der Waals surface area (Å²) < 4.78 is 16.5. The van der Waals surface area contributed by atoms with Crippen LogP contribution in [0.5, 0.6) is 0 Å². The fourth-order valence-corrected chi connectivity index (χ4v) is 9.14. The van der Waals surface area contributed by atoms with E-state index in [2.05, 4.69) is 20.8 Å². The largest absolute Gasteiger partial charge is 0.469 e. The van der Waals surface area contributed by atoms with E-state index in [1.54, 1.807) is 0 Å². The number of carbonyl (C=O) groups is 4. The summed E-state index contributed by atoms with van der Waals surface area (Å²) in [5.41, 5.74) is -0.503. The summed E-state index contributed by atoms with van der Waals surface area (Å²) in [6, 6.07) is 0. The third-order valence-corrected chi connectivity index (χ3v) is 10.9. The third-order valence-electron chi connectivity index (χ3n) is 10.9. The Kier molecular flexibility index (Phi) is 7.60. The lowest BCUT2D eigenvalue weighted by Gasteiger charge is -2.62. The quantitative estimate of drug-likeness (QED) is 0.375. The number of hydrogen-bond acceptors (Lipinski definition) is 7. The molecule has 0 aliphatic heterocycles. The maximum atomic E-state index is 14.0. The zero-order chi connectivity index (χ0) is 26.4. The number of rotatable bonds is 6. The molecule has 0 bridgehead atoms. The molecule has 0 radical (unpaired) electrons. The van der Waals surface area contributed by atoms with Crippen molar-refractivity contribution in [2.75, 3.05) is 7.11 Å². The van der Waals surface area contributed by atoms with Gasteiger partial charge >= 0.3 is 17.9 Å². The van der Waals surface area contributed by atoms with Gasteiger partial charge in [0.05, 0.1) is 7.11 Å². The summed E-state index contributed by atoms with van der Waals surface area (Å²) in [6.45, 7) is 9.57. The number of fused-ring (bicyclic) bond motifs is 5. The van der Waals surface area contributed by atoms with Gasteiger partial charge in [0.2, 0.25) is 0 Å². The first-order chi connectivity index (χ1) is 16.9. The number of methoxy groups -OCH3 is 1. The summed E-state index contributed by atoms with van der Waals surface area (Å²) in [6.07, 6.45) is 6.44. The van der Waals surface area contributed by atoms with Crippen LogP contribution in [0.25, 0.3) is 0 Å². The molecule has 7 heteroatoms. The number of carbonyl (C=O) groups excluding carboxylic acids is 4. The Bertz CT molecular complexity index is 898. The minimum atomic E-state index is -0.465. The van der Waals surface area contributed by atoms with Gasteiger partial charge in [0.15, 0.2) is 0 Å². The van der Waals surface area contributed by atoms with Crippen molar-refractivity contribution in [3.63, 3.8) is 0 Å². The van der Waals surface area contributed by atoms with Crippen molar-refractivity contribution < 1.29 is 33.4 Å². The van der Waals surface area contributed by atoms with E-state index in [0.29, 0.717) is 25.0 Å². The highest BCUT2D eigenvalue weighted by Crippen LogP contribution is 2.67. The normalized spacial score (nSPS) is 42.4. The Hall–Kier alpha value is -1.92. The van der Waals surface area contributed by atoms with Gasteiger partial charge in [0.25, 0.3) is 0 Å². The van der Waals surface area contributed by atoms with E-state index in [-0.39, 0.29) is 71.0 Å². The highest BCUT2D eigenvalue weighted by atomic mass is 16.5. The van der Waals surface area contributed by atoms with Gasteiger partial charge in [-0.3, -0.25) is 19.2 Å². The SMILES string of the molecule is COC(=O)CC[C@@H](C)[C@H]1CC[C@H]2[C@@H]3[C@H](OC(C)=O)C[C@H]4C[C@@H](OC(C)=O)CC[C@]4(C)[C@H]3CC(=O)[C@]12C. The van der Waals surface area contributed by atoms with Crippen molar-refractivity contribution in [1.29, 1.82) is 0 Å². The lowest BCUT2D eigenvalue weighted by molar-refractivity contribution is -0.196. The third kappa shape index (κ3) is 4.60. The molecule has 4 aliphatic carbocycles. The molecule has 4 fully saturated rings. The van der Waals surface area contributed by atoms with E-state index in [9.17, 15) is 19.2 Å². The molecule has 202 valence electrons. The summed E-state index contributed by atoms with van der Waals surface area (Å²) in [5.74, 6) is 0.785. The minimum Gasteiger partial charge on any atom is -0.469 e. The average molecular weight is 505 g/mol. The maximum absolute atomic E-state index is 14.0. The predicted octanol–water partition coefficient (Wildman–Crippen LogP) is 4.89. The average Bonchev–Trinajstić information content (AvgIpc) is 3.16. The Morgan fingerprint density at radius 2 is 1.69 bits per heavy atom. The first-order valence-corrected chi connectivity index (χ1v) is 13.9. The smallest absolute Gasteiger partial charge is 0.305 e. The Balaban J connectivity index is 1.62. The summed E-state index contributed by atoms with van der Waals surface area (Å²) in [4.78, 5) is 49.7. The molecule has 0 aromatic heterocycles. The van der Waals surface area contributed by atoms with Crippen LogP contribution in [0.4, 0.5) is 0 Å². The lowest BCUT2D eigenvalue weighted by Crippen LogP contribution is -2.62. The molecule has 10 atom stereocenters. The second kappa shape index (κ2) is 10.1. The highest BCUT2D eigenvalue weighted by molar-refractivity contribution is 5.87. The standard InChI is InChI=1S/C29H44O7/c1-16(7-10-26(33)34-6)21-8-9-22-27-23(15-25(32)29(21,22)5)28(4)12-11-20(35-17(2)30)13-19(28)14-24(27)36-18(3)31/h16,19-24,27H,7-15H2,1-6H3/t16-,19-,20+,21-,22+,23+,24-,27+,28+,29-/m1/s1. The van der Waals surface area contributed by atoms with Gasteiger partial charge in [0.1, 0.15) is 18.0 Å². The van der Waals surface area contributed by atoms with E-state index in [1.807, 2.05) is 0 Å². The van der Waals surface area contributed by atoms with Crippen molar-refractivity contribution in [1.82, 2.24) is 0 Å². The van der Waals surface area contributed by atoms with Crippen LogP contribution in [-0.4, -0.2) is 43.0 Å². The fourth-order valence-electron chi connectivity index (χ4n) is 9.14. The second-order valence-electron chi connectivity index (χ2n) is 12.6. The molecule has 0 heterocycles. The van der Waals surface area contributed by atoms with Crippen molar-refractivity contribution >= 4 is 23.7 Å². The monoisotopic (exact) mass is 504 g/mol. The van der Waals surface area contributed by atoms with E-state index in [4.69, 9.17) is 14.2 Å². The van der Waals surface area contributed by atoms with Gasteiger partial charge in [-0.05, 0) is 80.0 Å². The van der Waals surface area contributed by atoms with Crippen LogP contribution in [0.15, 0.2) is 0 Å². The second-order valence-corrected chi connectivity index (χ2v) is 12.6. The molecule has 0 N–H and O–H groups in total. The maximum Gasteiger partial charge on any atom is 0.305 e. The molecular formula is C29H44O7. The van der Waals surface area contributed by atoms with Crippen LogP contribution in [0.1, 0.15) is 92.4 Å². The summed E-state index contributed by atoms with van der Waals surface area (Å²) in [7, 11) is 1.41. The van der Waals surface area contributed by atoms with Crippen molar-refractivity contribution in [2.24, 2.45) is 46.3 Å². The van der Waals surface area contributed by atoms with Gasteiger partial charge < -0.3 is 14.2 Å². The highest BCUT2D eigenvalue weighted by Gasteiger charge is 2.66. The van der Waals surface area contributed by atoms with Gasteiger partial charge in [-0.25, -0.2) is 0 Å². The van der Waals surface area contributed by atoms with Crippen LogP contribution < -0.4 is 0 Å². The molecule has 36 heavy (non-hydrogen) atoms. The zero-order valence-electron chi connectivity index (χ0n) is 22.8. The van der Waals surface area contributed by atoms with Crippen LogP contribution in [0.2, 0.25) is 0 Å². The lowest BCUT2D eigenvalue weighted by atomic mass is 9.43. The molecule has 0 spiro atoms. The van der Waals surface area contributed by atoms with E-state index >= 15 is 0 Å². The molecular weight excluding hydrogens is 460 g/mol. The number of ketones is 1. The molecule has 7 nitrogen and oxygen atoms in total. The molecule has 0 aromatic carbocycles. The molecule has 4 rings (SSSR count). The van der Waals surface area contributed by atoms with E-state index < -0.39 is 5.41 Å². The van der Waals surface area contributed by atoms with Crippen LogP contribution in [0.3, 0.4) is 0 Å². The van der Waals surface area contributed by atoms with Gasteiger partial charge in [0, 0.05) is 38.0 Å². The first kappa shape index (κ1) is 27.1. The number of Topliss-reactive ketones (excluding diaryl/α,β-unsaturated/α-hetero) is 1. The topological polar surface area (TPSA) is 96.0 Å². The first-order valence-electron chi connectivity index (χ1n) is 13.9. The molecule has 0 unspecified atom stereocenters. The Morgan fingerprint density at radius 3 is 2.33 bits per heavy atom. The number of hydrogen-bond donors (Lipinski definition) is 0. The van der Waals surface area contributed by atoms with Crippen molar-refractivity contribution in [3.8, 4) is 0 Å². The van der Waals surface area contributed by atoms with E-state index in [1.165, 1.54) is 21.0 Å². The molecule has 0 aromatic rings. The van der Waals surface area contributed by atoms with Crippen molar-refractivity contribution in [3.05, 3.63) is 0 Å². The van der Waals surface area contributed by atoms with Gasteiger partial charge in [-0.2, -0.15) is 0 Å². The summed E-state index contributed by atoms with van der Waals surface area (Å²) in [5, 5.41) is 0. The van der Waals surface area contributed by atoms with Crippen LogP contribution >= 0.6 is 0 Å². The fraction of sp³-hybridized carbons (Fsp3) is 0.862. The minimum absolute atomic E-state index is 0.0382. The van der Waals surface area contributed by atoms with Crippen molar-refractivity contribution in [2.45, 2.75) is 105 Å². The van der Waals surface area contributed by atoms with Gasteiger partial charge in [-0.1, -0.05) is 20.8 Å². The summed E-state index contributed by atoms with van der Waals surface area (Å²) >= 11 is 0. The van der Waals surface area contributed by atoms with Gasteiger partial charge in [-0.15, -0.1) is 0 Å². The van der Waals surface area contributed by atoms with Crippen LogP contribution in [0, 0.1) is 46.3 Å². The molecule has 0 saturated heterocycles.